The summed E-state index contributed by atoms with van der Waals surface area (Å²) in [5.74, 6) is 1.15. The molecule has 0 unspecified atom stereocenters. The van der Waals surface area contributed by atoms with Gasteiger partial charge in [0.25, 0.3) is 0 Å². The van der Waals surface area contributed by atoms with E-state index in [1.54, 1.807) is 6.07 Å². The van der Waals surface area contributed by atoms with Crippen LogP contribution in [0.4, 0.5) is 0 Å². The van der Waals surface area contributed by atoms with E-state index in [2.05, 4.69) is 26.1 Å². The van der Waals surface area contributed by atoms with Gasteiger partial charge in [0, 0.05) is 10.9 Å². The maximum Gasteiger partial charge on any atom is 0.154 e. The van der Waals surface area contributed by atoms with Gasteiger partial charge >= 0.3 is 0 Å². The number of hydrogen-bond acceptors (Lipinski definition) is 2. The molecule has 2 nitrogen and oxygen atoms in total. The Balaban J connectivity index is 2.74. The predicted octanol–water partition coefficient (Wildman–Crippen LogP) is 5.63. The van der Waals surface area contributed by atoms with Crippen LogP contribution in [-0.2, 0) is 6.54 Å². The first kappa shape index (κ1) is 15.0. The van der Waals surface area contributed by atoms with E-state index in [0.717, 1.165) is 23.3 Å². The average molecular weight is 321 g/mol. The van der Waals surface area contributed by atoms with Gasteiger partial charge in [-0.2, -0.15) is 0 Å². The van der Waals surface area contributed by atoms with Crippen molar-refractivity contribution in [3.05, 3.63) is 32.5 Å². The Bertz CT molecular complexity index is 604. The van der Waals surface area contributed by atoms with Crippen molar-refractivity contribution in [1.82, 2.24) is 5.32 Å². The fraction of sp³-hybridized carbons (Fsp3) is 0.429. The minimum absolute atomic E-state index is 0.280. The van der Waals surface area contributed by atoms with Crippen molar-refractivity contribution in [3.63, 3.8) is 0 Å². The zero-order chi connectivity index (χ0) is 14.2. The van der Waals surface area contributed by atoms with Crippen LogP contribution in [0, 0.1) is 0 Å². The van der Waals surface area contributed by atoms with E-state index in [1.165, 1.54) is 0 Å². The highest BCUT2D eigenvalue weighted by molar-refractivity contribution is 6.47. The number of fused-ring (bicyclic) bond motifs is 1. The Labute approximate surface area is 128 Å². The summed E-state index contributed by atoms with van der Waals surface area (Å²) >= 11 is 18.6. The number of nitrogens with one attached hydrogen (secondary N) is 1. The molecule has 0 saturated carbocycles. The number of rotatable bonds is 4. The molecule has 2 aromatic rings. The van der Waals surface area contributed by atoms with Crippen molar-refractivity contribution < 1.29 is 4.42 Å². The second kappa shape index (κ2) is 5.92. The smallest absolute Gasteiger partial charge is 0.154 e. The molecule has 104 valence electrons. The third-order valence-corrected chi connectivity index (χ3v) is 4.10. The van der Waals surface area contributed by atoms with E-state index in [-0.39, 0.29) is 5.92 Å². The molecule has 0 aliphatic rings. The van der Waals surface area contributed by atoms with Gasteiger partial charge in [-0.1, -0.05) is 55.6 Å². The molecular formula is C14H16Cl3NO. The van der Waals surface area contributed by atoms with Gasteiger partial charge < -0.3 is 9.73 Å². The zero-order valence-electron chi connectivity index (χ0n) is 11.1. The maximum atomic E-state index is 6.32. The molecule has 0 aliphatic carbocycles. The zero-order valence-corrected chi connectivity index (χ0v) is 13.4. The largest absolute Gasteiger partial charge is 0.458 e. The van der Waals surface area contributed by atoms with Crippen LogP contribution < -0.4 is 5.32 Å². The summed E-state index contributed by atoms with van der Waals surface area (Å²) in [7, 11) is 0. The molecule has 19 heavy (non-hydrogen) atoms. The highest BCUT2D eigenvalue weighted by atomic mass is 35.5. The summed E-state index contributed by atoms with van der Waals surface area (Å²) < 4.78 is 5.89. The predicted molar refractivity (Wildman–Crippen MR) is 82.7 cm³/mol. The number of benzene rings is 1. The Hall–Kier alpha value is -0.410. The van der Waals surface area contributed by atoms with E-state index in [4.69, 9.17) is 39.2 Å². The standard InChI is InChI=1S/C14H16Cl3NO/c1-4-18-6-10-11(7(2)3)12-13(17)8(15)5-9(16)14(12)19-10/h5,7,18H,4,6H2,1-3H3. The van der Waals surface area contributed by atoms with Crippen molar-refractivity contribution in [2.45, 2.75) is 33.2 Å². The third-order valence-electron chi connectivity index (χ3n) is 3.03. The van der Waals surface area contributed by atoms with Crippen molar-refractivity contribution >= 4 is 45.8 Å². The topological polar surface area (TPSA) is 25.2 Å². The van der Waals surface area contributed by atoms with Gasteiger partial charge in [0.05, 0.1) is 21.6 Å². The molecule has 0 spiro atoms. The molecule has 1 aromatic carbocycles. The minimum Gasteiger partial charge on any atom is -0.458 e. The lowest BCUT2D eigenvalue weighted by molar-refractivity contribution is 0.510. The van der Waals surface area contributed by atoms with Gasteiger partial charge in [0.2, 0.25) is 0 Å². The number of hydrogen-bond donors (Lipinski definition) is 1. The average Bonchev–Trinajstić information content (AvgIpc) is 2.73. The molecule has 0 atom stereocenters. The number of halogens is 3. The minimum atomic E-state index is 0.280. The van der Waals surface area contributed by atoms with Crippen molar-refractivity contribution in [1.29, 1.82) is 0 Å². The molecule has 0 bridgehead atoms. The van der Waals surface area contributed by atoms with E-state index < -0.39 is 0 Å². The van der Waals surface area contributed by atoms with Crippen LogP contribution in [-0.4, -0.2) is 6.54 Å². The van der Waals surface area contributed by atoms with Gasteiger partial charge in [-0.25, -0.2) is 0 Å². The molecule has 0 fully saturated rings. The summed E-state index contributed by atoms with van der Waals surface area (Å²) in [4.78, 5) is 0. The van der Waals surface area contributed by atoms with Crippen molar-refractivity contribution in [2.24, 2.45) is 0 Å². The molecule has 2 rings (SSSR count). The van der Waals surface area contributed by atoms with Crippen LogP contribution >= 0.6 is 34.8 Å². The lowest BCUT2D eigenvalue weighted by atomic mass is 9.99. The van der Waals surface area contributed by atoms with Crippen LogP contribution in [0.1, 0.15) is 38.0 Å². The van der Waals surface area contributed by atoms with Crippen LogP contribution in [0.25, 0.3) is 11.0 Å². The lowest BCUT2D eigenvalue weighted by Gasteiger charge is -2.08. The van der Waals surface area contributed by atoms with E-state index in [1.807, 2.05) is 0 Å². The van der Waals surface area contributed by atoms with Crippen molar-refractivity contribution in [2.75, 3.05) is 6.54 Å². The normalized spacial score (nSPS) is 11.7. The summed E-state index contributed by atoms with van der Waals surface area (Å²) in [6.45, 7) is 7.78. The first-order valence-electron chi connectivity index (χ1n) is 6.26. The molecule has 0 saturated heterocycles. The molecule has 1 N–H and O–H groups in total. The van der Waals surface area contributed by atoms with Gasteiger partial charge in [0.15, 0.2) is 5.58 Å². The molecular weight excluding hydrogens is 305 g/mol. The van der Waals surface area contributed by atoms with Crippen molar-refractivity contribution in [3.8, 4) is 0 Å². The molecule has 1 heterocycles. The quantitative estimate of drug-likeness (QED) is 0.739. The fourth-order valence-electron chi connectivity index (χ4n) is 2.22. The summed E-state index contributed by atoms with van der Waals surface area (Å²) in [5.41, 5.74) is 1.69. The maximum absolute atomic E-state index is 6.32. The van der Waals surface area contributed by atoms with Crippen LogP contribution in [0.15, 0.2) is 10.5 Å². The monoisotopic (exact) mass is 319 g/mol. The Kier molecular flexibility index (Phi) is 4.67. The van der Waals surface area contributed by atoms with Gasteiger partial charge in [-0.15, -0.1) is 0 Å². The summed E-state index contributed by atoms with van der Waals surface area (Å²) in [6.07, 6.45) is 0. The molecule has 0 amide bonds. The second-order valence-corrected chi connectivity index (χ2v) is 5.92. The van der Waals surface area contributed by atoms with Gasteiger partial charge in [-0.05, 0) is 18.5 Å². The van der Waals surface area contributed by atoms with Gasteiger partial charge in [-0.3, -0.25) is 0 Å². The Morgan fingerprint density at radius 1 is 1.21 bits per heavy atom. The molecule has 0 aliphatic heterocycles. The van der Waals surface area contributed by atoms with E-state index in [0.29, 0.717) is 27.2 Å². The Morgan fingerprint density at radius 2 is 1.89 bits per heavy atom. The van der Waals surface area contributed by atoms with E-state index in [9.17, 15) is 0 Å². The van der Waals surface area contributed by atoms with Crippen LogP contribution in [0.3, 0.4) is 0 Å². The van der Waals surface area contributed by atoms with Crippen LogP contribution in [0.2, 0.25) is 15.1 Å². The Morgan fingerprint density at radius 3 is 2.47 bits per heavy atom. The number of furan rings is 1. The SMILES string of the molecule is CCNCc1oc2c(Cl)cc(Cl)c(Cl)c2c1C(C)C. The molecule has 5 heteroatoms. The highest BCUT2D eigenvalue weighted by Crippen LogP contribution is 2.43. The van der Waals surface area contributed by atoms with E-state index >= 15 is 0 Å². The highest BCUT2D eigenvalue weighted by Gasteiger charge is 2.22. The molecule has 1 aromatic heterocycles. The second-order valence-electron chi connectivity index (χ2n) is 4.73. The fourth-order valence-corrected chi connectivity index (χ4v) is 2.96. The first-order valence-corrected chi connectivity index (χ1v) is 7.40. The molecule has 0 radical (unpaired) electrons. The third kappa shape index (κ3) is 2.73. The summed E-state index contributed by atoms with van der Waals surface area (Å²) in [6, 6.07) is 1.62. The first-order chi connectivity index (χ1) is 8.97. The van der Waals surface area contributed by atoms with Crippen LogP contribution in [0.5, 0.6) is 0 Å². The summed E-state index contributed by atoms with van der Waals surface area (Å²) in [5, 5.41) is 5.56. The van der Waals surface area contributed by atoms with Gasteiger partial charge in [0.1, 0.15) is 5.76 Å². The lowest BCUT2D eigenvalue weighted by Crippen LogP contribution is -2.12.